The van der Waals surface area contributed by atoms with E-state index in [2.05, 4.69) is 22.2 Å². The molecule has 28 heavy (non-hydrogen) atoms. The number of carbonyl (C=O) groups is 1. The largest absolute Gasteiger partial charge is 0.348 e. The minimum Gasteiger partial charge on any atom is -0.348 e. The summed E-state index contributed by atoms with van der Waals surface area (Å²) >= 11 is 0. The van der Waals surface area contributed by atoms with Crippen molar-refractivity contribution >= 4 is 15.7 Å². The van der Waals surface area contributed by atoms with Gasteiger partial charge in [0.25, 0.3) is 0 Å². The van der Waals surface area contributed by atoms with Gasteiger partial charge in [-0.2, -0.15) is 0 Å². The second kappa shape index (κ2) is 9.85. The fraction of sp³-hybridized carbons (Fsp3) is 0.667. The van der Waals surface area contributed by atoms with Crippen molar-refractivity contribution in [3.05, 3.63) is 35.9 Å². The van der Waals surface area contributed by atoms with Gasteiger partial charge in [-0.25, -0.2) is 8.42 Å². The van der Waals surface area contributed by atoms with Gasteiger partial charge in [0.1, 0.15) is 0 Å². The van der Waals surface area contributed by atoms with E-state index in [-0.39, 0.29) is 29.4 Å². The third-order valence-electron chi connectivity index (χ3n) is 6.00. The lowest BCUT2D eigenvalue weighted by Crippen LogP contribution is -2.48. The number of likely N-dealkylation sites (N-methyl/N-ethyl adjacent to an activating group) is 1. The highest BCUT2D eigenvalue weighted by Crippen LogP contribution is 2.25. The third-order valence-corrected chi connectivity index (χ3v) is 8.26. The van der Waals surface area contributed by atoms with Crippen LogP contribution in [0.3, 0.4) is 0 Å². The number of benzene rings is 1. The Labute approximate surface area is 169 Å². The van der Waals surface area contributed by atoms with Crippen LogP contribution in [0, 0.1) is 0 Å². The van der Waals surface area contributed by atoms with Crippen LogP contribution in [0.1, 0.15) is 43.7 Å². The Kier molecular flexibility index (Phi) is 7.48. The molecule has 1 N–H and O–H groups in total. The van der Waals surface area contributed by atoms with E-state index in [9.17, 15) is 13.2 Å². The Hall–Kier alpha value is -1.44. The van der Waals surface area contributed by atoms with Crippen molar-refractivity contribution in [2.45, 2.75) is 43.4 Å². The quantitative estimate of drug-likeness (QED) is 0.712. The van der Waals surface area contributed by atoms with E-state index in [1.54, 1.807) is 0 Å². The molecule has 0 aromatic heterocycles. The van der Waals surface area contributed by atoms with Crippen molar-refractivity contribution < 1.29 is 13.2 Å². The van der Waals surface area contributed by atoms with Crippen molar-refractivity contribution in [1.29, 1.82) is 0 Å². The molecule has 1 aliphatic carbocycles. The van der Waals surface area contributed by atoms with E-state index in [0.717, 1.165) is 64.0 Å². The molecule has 1 aromatic carbocycles. The molecule has 1 aliphatic heterocycles. The molecule has 2 fully saturated rings. The Morgan fingerprint density at radius 2 is 1.75 bits per heavy atom. The number of carbonyl (C=O) groups excluding carboxylic acids is 1. The molecule has 156 valence electrons. The number of nitrogens with one attached hydrogen (secondary N) is 1. The van der Waals surface area contributed by atoms with Crippen LogP contribution in [0.25, 0.3) is 0 Å². The molecule has 1 amide bonds. The summed E-state index contributed by atoms with van der Waals surface area (Å²) in [6.45, 7) is 4.75. The van der Waals surface area contributed by atoms with Crippen molar-refractivity contribution in [3.8, 4) is 0 Å². The van der Waals surface area contributed by atoms with Gasteiger partial charge in [0, 0.05) is 39.1 Å². The van der Waals surface area contributed by atoms with Gasteiger partial charge in [-0.3, -0.25) is 9.69 Å². The molecule has 1 aromatic rings. The van der Waals surface area contributed by atoms with Gasteiger partial charge < -0.3 is 10.2 Å². The van der Waals surface area contributed by atoms with Gasteiger partial charge in [0.05, 0.1) is 17.0 Å². The smallest absolute Gasteiger partial charge is 0.221 e. The molecular formula is C21H33N3O3S. The average molecular weight is 408 g/mol. The van der Waals surface area contributed by atoms with Crippen molar-refractivity contribution in [2.75, 3.05) is 45.5 Å². The number of amides is 1. The summed E-state index contributed by atoms with van der Waals surface area (Å²) < 4.78 is 24.9. The first-order valence-corrected chi connectivity index (χ1v) is 12.1. The Balaban J connectivity index is 1.58. The second-order valence-electron chi connectivity index (χ2n) is 8.16. The predicted molar refractivity (Wildman–Crippen MR) is 112 cm³/mol. The van der Waals surface area contributed by atoms with Crippen LogP contribution in [0.15, 0.2) is 30.3 Å². The summed E-state index contributed by atoms with van der Waals surface area (Å²) in [4.78, 5) is 17.3. The van der Waals surface area contributed by atoms with E-state index in [4.69, 9.17) is 0 Å². The highest BCUT2D eigenvalue weighted by molar-refractivity contribution is 7.92. The molecule has 1 atom stereocenters. The molecule has 6 nitrogen and oxygen atoms in total. The minimum atomic E-state index is -3.17. The summed E-state index contributed by atoms with van der Waals surface area (Å²) in [5, 5.41) is 2.86. The summed E-state index contributed by atoms with van der Waals surface area (Å²) in [6.07, 6.45) is 3.51. The van der Waals surface area contributed by atoms with Crippen LogP contribution >= 0.6 is 0 Å². The number of piperazine rings is 1. The van der Waals surface area contributed by atoms with Gasteiger partial charge in [-0.05, 0) is 25.5 Å². The fourth-order valence-electron chi connectivity index (χ4n) is 4.12. The van der Waals surface area contributed by atoms with Crippen LogP contribution in [-0.4, -0.2) is 74.9 Å². The molecule has 7 heteroatoms. The maximum Gasteiger partial charge on any atom is 0.221 e. The second-order valence-corrected chi connectivity index (χ2v) is 10.6. The summed E-state index contributed by atoms with van der Waals surface area (Å²) in [5.74, 6) is -0.218. The molecule has 1 unspecified atom stereocenters. The molecule has 0 bridgehead atoms. The van der Waals surface area contributed by atoms with Crippen LogP contribution in [0.5, 0.6) is 0 Å². The third kappa shape index (κ3) is 6.03. The fourth-order valence-corrected chi connectivity index (χ4v) is 5.98. The van der Waals surface area contributed by atoms with Crippen LogP contribution < -0.4 is 5.32 Å². The molecule has 0 radical (unpaired) electrons. The number of nitrogens with zero attached hydrogens (tertiary/aromatic N) is 2. The van der Waals surface area contributed by atoms with E-state index in [1.165, 1.54) is 0 Å². The number of hydrogen-bond acceptors (Lipinski definition) is 5. The normalized spacial score (nSPS) is 20.9. The molecule has 1 saturated carbocycles. The van der Waals surface area contributed by atoms with Crippen molar-refractivity contribution in [1.82, 2.24) is 15.1 Å². The van der Waals surface area contributed by atoms with Gasteiger partial charge in [-0.15, -0.1) is 0 Å². The van der Waals surface area contributed by atoms with Gasteiger partial charge in [0.2, 0.25) is 5.91 Å². The van der Waals surface area contributed by atoms with E-state index in [1.807, 2.05) is 30.3 Å². The first kappa shape index (κ1) is 21.3. The van der Waals surface area contributed by atoms with Gasteiger partial charge in [-0.1, -0.05) is 43.2 Å². The first-order chi connectivity index (χ1) is 13.4. The highest BCUT2D eigenvalue weighted by atomic mass is 32.2. The molecular weight excluding hydrogens is 374 g/mol. The molecule has 3 rings (SSSR count). The zero-order chi connectivity index (χ0) is 20.0. The van der Waals surface area contributed by atoms with Crippen LogP contribution in [-0.2, 0) is 14.6 Å². The Morgan fingerprint density at radius 3 is 2.39 bits per heavy atom. The first-order valence-electron chi connectivity index (χ1n) is 10.4. The lowest BCUT2D eigenvalue weighted by Gasteiger charge is -2.35. The van der Waals surface area contributed by atoms with E-state index in [0.29, 0.717) is 0 Å². The lowest BCUT2D eigenvalue weighted by molar-refractivity contribution is -0.121. The average Bonchev–Trinajstić information content (AvgIpc) is 3.24. The molecule has 0 spiro atoms. The summed E-state index contributed by atoms with van der Waals surface area (Å²) in [7, 11) is -1.04. The zero-order valence-corrected chi connectivity index (χ0v) is 17.7. The zero-order valence-electron chi connectivity index (χ0n) is 16.8. The summed E-state index contributed by atoms with van der Waals surface area (Å²) in [5.41, 5.74) is 1.06. The Morgan fingerprint density at radius 1 is 1.11 bits per heavy atom. The predicted octanol–water partition coefficient (Wildman–Crippen LogP) is 1.84. The molecule has 1 heterocycles. The lowest BCUT2D eigenvalue weighted by atomic mass is 10.1. The topological polar surface area (TPSA) is 69.7 Å². The highest BCUT2D eigenvalue weighted by Gasteiger charge is 2.29. The molecule has 2 aliphatic rings. The Bertz CT molecular complexity index is 725. The standard InChI is InChI=1S/C21H33N3O3S/c1-23-12-14-24(15-13-23)17-20(18-7-3-2-4-8-18)22-21(25)11-16-28(26,27)19-9-5-6-10-19/h2-4,7-8,19-20H,5-6,9-17H2,1H3,(H,22,25). The van der Waals surface area contributed by atoms with Crippen molar-refractivity contribution in [2.24, 2.45) is 0 Å². The van der Waals surface area contributed by atoms with Crippen molar-refractivity contribution in [3.63, 3.8) is 0 Å². The number of hydrogen-bond donors (Lipinski definition) is 1. The number of sulfone groups is 1. The van der Waals surface area contributed by atoms with Gasteiger partial charge >= 0.3 is 0 Å². The van der Waals surface area contributed by atoms with Crippen LogP contribution in [0.2, 0.25) is 0 Å². The monoisotopic (exact) mass is 407 g/mol. The summed E-state index contributed by atoms with van der Waals surface area (Å²) in [6, 6.07) is 9.84. The number of rotatable bonds is 8. The van der Waals surface area contributed by atoms with E-state index < -0.39 is 9.84 Å². The van der Waals surface area contributed by atoms with E-state index >= 15 is 0 Å². The maximum atomic E-state index is 12.6. The SMILES string of the molecule is CN1CCN(CC(NC(=O)CCS(=O)(=O)C2CCCC2)c2ccccc2)CC1. The minimum absolute atomic E-state index is 0.0421. The molecule has 1 saturated heterocycles. The maximum absolute atomic E-state index is 12.6. The van der Waals surface area contributed by atoms with Gasteiger partial charge in [0.15, 0.2) is 9.84 Å². The van der Waals surface area contributed by atoms with Crippen LogP contribution in [0.4, 0.5) is 0 Å².